The first-order valence-electron chi connectivity index (χ1n) is 4.52. The van der Waals surface area contributed by atoms with Gasteiger partial charge in [0.15, 0.2) is 0 Å². The Labute approximate surface area is 86.2 Å². The molecule has 1 amide bonds. The third-order valence-corrected chi connectivity index (χ3v) is 3.07. The summed E-state index contributed by atoms with van der Waals surface area (Å²) in [7, 11) is 0. The summed E-state index contributed by atoms with van der Waals surface area (Å²) in [5, 5.41) is 3.28. The van der Waals surface area contributed by atoms with E-state index in [1.165, 1.54) is 16.4 Å². The minimum absolute atomic E-state index is 0.148. The van der Waals surface area contributed by atoms with E-state index in [2.05, 4.69) is 0 Å². The molecule has 2 heterocycles. The summed E-state index contributed by atoms with van der Waals surface area (Å²) in [6.45, 7) is 1.26. The first-order chi connectivity index (χ1) is 6.79. The van der Waals surface area contributed by atoms with Crippen LogP contribution >= 0.6 is 11.3 Å². The number of hydrogen-bond acceptors (Lipinski definition) is 4. The van der Waals surface area contributed by atoms with Crippen LogP contribution in [-0.4, -0.2) is 24.1 Å². The zero-order chi connectivity index (χ0) is 9.97. The van der Waals surface area contributed by atoms with Crippen molar-refractivity contribution in [1.29, 1.82) is 0 Å². The van der Waals surface area contributed by atoms with E-state index in [0.717, 1.165) is 11.3 Å². The van der Waals surface area contributed by atoms with Crippen LogP contribution in [0.4, 0.5) is 0 Å². The van der Waals surface area contributed by atoms with Crippen LogP contribution in [0.5, 0.6) is 0 Å². The fourth-order valence-electron chi connectivity index (χ4n) is 1.37. The molecule has 0 radical (unpaired) electrons. The van der Waals surface area contributed by atoms with E-state index in [-0.39, 0.29) is 5.91 Å². The molecule has 1 atom stereocenters. The molecule has 0 aliphatic carbocycles. The Balaban J connectivity index is 2.04. The molecule has 5 heteroatoms. The van der Waals surface area contributed by atoms with Gasteiger partial charge in [0.1, 0.15) is 6.04 Å². The van der Waals surface area contributed by atoms with Crippen molar-refractivity contribution in [2.45, 2.75) is 12.5 Å². The zero-order valence-corrected chi connectivity index (χ0v) is 8.50. The van der Waals surface area contributed by atoms with E-state index >= 15 is 0 Å². The summed E-state index contributed by atoms with van der Waals surface area (Å²) in [6, 6.07) is 3.18. The molecule has 0 saturated carbocycles. The Morgan fingerprint density at radius 3 is 3.14 bits per heavy atom. The van der Waals surface area contributed by atoms with Gasteiger partial charge in [0.25, 0.3) is 5.91 Å². The lowest BCUT2D eigenvalue weighted by molar-refractivity contribution is -0.170. The molecule has 1 aromatic heterocycles. The maximum Gasteiger partial charge on any atom is 0.268 e. The van der Waals surface area contributed by atoms with Gasteiger partial charge in [-0.2, -0.15) is 0 Å². The number of hydrogen-bond donors (Lipinski definition) is 1. The average Bonchev–Trinajstić information content (AvgIpc) is 2.87. The van der Waals surface area contributed by atoms with Crippen molar-refractivity contribution in [3.63, 3.8) is 0 Å². The van der Waals surface area contributed by atoms with Crippen LogP contribution in [0.25, 0.3) is 0 Å². The van der Waals surface area contributed by atoms with Crippen LogP contribution in [0.3, 0.4) is 0 Å². The van der Waals surface area contributed by atoms with E-state index in [1.807, 2.05) is 17.5 Å². The number of rotatable bonds is 2. The lowest BCUT2D eigenvalue weighted by Gasteiger charge is -2.17. The van der Waals surface area contributed by atoms with Crippen LogP contribution in [0.2, 0.25) is 0 Å². The number of thiophene rings is 1. The SMILES string of the molecule is NC(C(=O)N1CCCO1)c1cccs1. The van der Waals surface area contributed by atoms with Crippen LogP contribution < -0.4 is 5.73 Å². The predicted octanol–water partition coefficient (Wildman–Crippen LogP) is 0.912. The van der Waals surface area contributed by atoms with Gasteiger partial charge in [0.05, 0.1) is 13.2 Å². The first kappa shape index (κ1) is 9.64. The van der Waals surface area contributed by atoms with Crippen molar-refractivity contribution < 1.29 is 9.63 Å². The molecule has 4 nitrogen and oxygen atoms in total. The Morgan fingerprint density at radius 2 is 2.57 bits per heavy atom. The molecule has 1 saturated heterocycles. The van der Waals surface area contributed by atoms with Crippen molar-refractivity contribution in [2.75, 3.05) is 13.2 Å². The number of nitrogens with two attached hydrogens (primary N) is 1. The minimum atomic E-state index is -0.576. The molecule has 76 valence electrons. The van der Waals surface area contributed by atoms with Crippen molar-refractivity contribution in [1.82, 2.24) is 5.06 Å². The van der Waals surface area contributed by atoms with Crippen molar-refractivity contribution in [2.24, 2.45) is 5.73 Å². The number of amides is 1. The van der Waals surface area contributed by atoms with Crippen molar-refractivity contribution >= 4 is 17.2 Å². The minimum Gasteiger partial charge on any atom is -0.315 e. The van der Waals surface area contributed by atoms with E-state index < -0.39 is 6.04 Å². The van der Waals surface area contributed by atoms with Crippen molar-refractivity contribution in [3.8, 4) is 0 Å². The predicted molar refractivity (Wildman–Crippen MR) is 53.5 cm³/mol. The summed E-state index contributed by atoms with van der Waals surface area (Å²) < 4.78 is 0. The Hall–Kier alpha value is -0.910. The van der Waals surface area contributed by atoms with E-state index in [0.29, 0.717) is 13.2 Å². The van der Waals surface area contributed by atoms with Crippen LogP contribution in [0.1, 0.15) is 17.3 Å². The zero-order valence-electron chi connectivity index (χ0n) is 7.68. The van der Waals surface area contributed by atoms with Crippen LogP contribution in [0, 0.1) is 0 Å². The summed E-state index contributed by atoms with van der Waals surface area (Å²) in [6.07, 6.45) is 0.892. The summed E-state index contributed by atoms with van der Waals surface area (Å²) in [4.78, 5) is 17.7. The first-order valence-corrected chi connectivity index (χ1v) is 5.40. The number of carbonyl (C=O) groups excluding carboxylic acids is 1. The highest BCUT2D eigenvalue weighted by atomic mass is 32.1. The second kappa shape index (κ2) is 4.08. The van der Waals surface area contributed by atoms with Crippen LogP contribution in [-0.2, 0) is 9.63 Å². The highest BCUT2D eigenvalue weighted by Crippen LogP contribution is 2.20. The van der Waals surface area contributed by atoms with Gasteiger partial charge in [-0.05, 0) is 17.9 Å². The van der Waals surface area contributed by atoms with Crippen molar-refractivity contribution in [3.05, 3.63) is 22.4 Å². The molecule has 1 aromatic rings. The van der Waals surface area contributed by atoms with E-state index in [9.17, 15) is 4.79 Å². The topological polar surface area (TPSA) is 55.6 Å². The van der Waals surface area contributed by atoms with Crippen LogP contribution in [0.15, 0.2) is 17.5 Å². The summed E-state index contributed by atoms with van der Waals surface area (Å²) in [5.41, 5.74) is 5.80. The van der Waals surface area contributed by atoms with Gasteiger partial charge in [-0.1, -0.05) is 6.07 Å². The number of carbonyl (C=O) groups is 1. The molecule has 14 heavy (non-hydrogen) atoms. The average molecular weight is 212 g/mol. The maximum atomic E-state index is 11.7. The highest BCUT2D eigenvalue weighted by molar-refractivity contribution is 7.10. The van der Waals surface area contributed by atoms with Gasteiger partial charge in [0, 0.05) is 4.88 Å². The fraction of sp³-hybridized carbons (Fsp3) is 0.444. The largest absolute Gasteiger partial charge is 0.315 e. The molecule has 0 spiro atoms. The normalized spacial score (nSPS) is 18.5. The second-order valence-corrected chi connectivity index (χ2v) is 4.10. The highest BCUT2D eigenvalue weighted by Gasteiger charge is 2.26. The number of hydroxylamine groups is 2. The lowest BCUT2D eigenvalue weighted by atomic mass is 10.2. The molecule has 2 N–H and O–H groups in total. The standard InChI is InChI=1S/C9H12N2O2S/c10-8(7-3-1-6-14-7)9(12)11-4-2-5-13-11/h1,3,6,8H,2,4-5,10H2. The molecule has 1 unspecified atom stereocenters. The van der Waals surface area contributed by atoms with Gasteiger partial charge in [0.2, 0.25) is 0 Å². The monoisotopic (exact) mass is 212 g/mol. The fourth-order valence-corrected chi connectivity index (χ4v) is 2.09. The Morgan fingerprint density at radius 1 is 1.71 bits per heavy atom. The Bertz CT molecular complexity index is 307. The quantitative estimate of drug-likeness (QED) is 0.792. The molecule has 1 aliphatic rings. The molecular weight excluding hydrogens is 200 g/mol. The molecule has 1 aliphatic heterocycles. The molecule has 0 aromatic carbocycles. The van der Waals surface area contributed by atoms with Gasteiger partial charge in [-0.15, -0.1) is 11.3 Å². The molecule has 1 fully saturated rings. The molecular formula is C9H12N2O2S. The molecule has 0 bridgehead atoms. The summed E-state index contributed by atoms with van der Waals surface area (Å²) >= 11 is 1.49. The Kier molecular flexibility index (Phi) is 2.81. The lowest BCUT2D eigenvalue weighted by Crippen LogP contribution is -2.35. The maximum absolute atomic E-state index is 11.7. The second-order valence-electron chi connectivity index (χ2n) is 3.12. The van der Waals surface area contributed by atoms with E-state index in [4.69, 9.17) is 10.6 Å². The smallest absolute Gasteiger partial charge is 0.268 e. The van der Waals surface area contributed by atoms with Gasteiger partial charge >= 0.3 is 0 Å². The summed E-state index contributed by atoms with van der Waals surface area (Å²) in [5.74, 6) is -0.148. The third kappa shape index (κ3) is 1.79. The van der Waals surface area contributed by atoms with E-state index in [1.54, 1.807) is 0 Å². The van der Waals surface area contributed by atoms with Gasteiger partial charge in [-0.25, -0.2) is 5.06 Å². The number of nitrogens with zero attached hydrogens (tertiary/aromatic N) is 1. The van der Waals surface area contributed by atoms with Gasteiger partial charge in [-0.3, -0.25) is 9.63 Å². The molecule has 2 rings (SSSR count). The van der Waals surface area contributed by atoms with Gasteiger partial charge < -0.3 is 5.73 Å². The third-order valence-electron chi connectivity index (χ3n) is 2.11.